The Hall–Kier alpha value is -2.06. The predicted octanol–water partition coefficient (Wildman–Crippen LogP) is 0.921. The summed E-state index contributed by atoms with van der Waals surface area (Å²) in [7, 11) is 0. The third-order valence-electron chi connectivity index (χ3n) is 5.09. The van der Waals surface area contributed by atoms with Crippen LogP contribution in [0.25, 0.3) is 0 Å². The first-order chi connectivity index (χ1) is 12.5. The van der Waals surface area contributed by atoms with Gasteiger partial charge in [0, 0.05) is 11.8 Å². The molecular formula is C18H26N4O4. The van der Waals surface area contributed by atoms with Crippen LogP contribution in [0.2, 0.25) is 0 Å². The molecule has 1 saturated heterocycles. The van der Waals surface area contributed by atoms with Gasteiger partial charge < -0.3 is 9.84 Å². The number of aliphatic hydroxyl groups is 1. The Morgan fingerprint density at radius 1 is 1.38 bits per heavy atom. The molecule has 0 radical (unpaired) electrons. The first-order valence-corrected chi connectivity index (χ1v) is 9.24. The minimum atomic E-state index is -0.542. The molecule has 0 spiro atoms. The molecule has 3 rings (SSSR count). The van der Waals surface area contributed by atoms with Crippen LogP contribution in [0, 0.1) is 5.92 Å². The van der Waals surface area contributed by atoms with Gasteiger partial charge in [-0.15, -0.1) is 5.10 Å². The van der Waals surface area contributed by atoms with Crippen molar-refractivity contribution in [2.75, 3.05) is 6.61 Å². The number of unbranched alkanes of at least 4 members (excludes halogenated alkanes) is 2. The summed E-state index contributed by atoms with van der Waals surface area (Å²) >= 11 is 0. The minimum absolute atomic E-state index is 0.165. The average Bonchev–Trinajstić information content (AvgIpc) is 3.24. The molecule has 0 aromatic carbocycles. The average molecular weight is 362 g/mol. The lowest BCUT2D eigenvalue weighted by molar-refractivity contribution is -0.134. The van der Waals surface area contributed by atoms with E-state index in [2.05, 4.69) is 22.6 Å². The van der Waals surface area contributed by atoms with Gasteiger partial charge >= 0.3 is 0 Å². The monoisotopic (exact) mass is 362 g/mol. The Labute approximate surface area is 152 Å². The number of amides is 2. The number of nitrogens with one attached hydrogen (secondary N) is 1. The molecule has 0 saturated carbocycles. The summed E-state index contributed by atoms with van der Waals surface area (Å²) in [6.45, 7) is 3.66. The SMILES string of the molecule is CCCCCc1cn([C@H]2C[C@H](C3C=C(C)C(=O)NC3=O)O[C@@H]2CO)nn1. The highest BCUT2D eigenvalue weighted by Gasteiger charge is 2.43. The van der Waals surface area contributed by atoms with Gasteiger partial charge in [-0.1, -0.05) is 31.1 Å². The van der Waals surface area contributed by atoms with Crippen molar-refractivity contribution in [3.8, 4) is 0 Å². The molecule has 1 aromatic rings. The number of ether oxygens (including phenoxy) is 1. The van der Waals surface area contributed by atoms with E-state index in [9.17, 15) is 14.7 Å². The van der Waals surface area contributed by atoms with Gasteiger partial charge in [0.1, 0.15) is 6.10 Å². The lowest BCUT2D eigenvalue weighted by atomic mass is 9.92. The normalized spacial score (nSPS) is 29.0. The van der Waals surface area contributed by atoms with Gasteiger partial charge in [-0.05, 0) is 26.2 Å². The lowest BCUT2D eigenvalue weighted by Crippen LogP contribution is -2.44. The van der Waals surface area contributed by atoms with Crippen LogP contribution < -0.4 is 5.32 Å². The molecule has 2 aliphatic heterocycles. The Morgan fingerprint density at radius 2 is 2.19 bits per heavy atom. The van der Waals surface area contributed by atoms with E-state index in [1.54, 1.807) is 17.7 Å². The molecule has 8 heteroatoms. The summed E-state index contributed by atoms with van der Waals surface area (Å²) in [6.07, 6.45) is 7.48. The number of hydrogen-bond donors (Lipinski definition) is 2. The second kappa shape index (κ2) is 8.09. The smallest absolute Gasteiger partial charge is 0.253 e. The maximum Gasteiger partial charge on any atom is 0.253 e. The van der Waals surface area contributed by atoms with Gasteiger partial charge in [-0.2, -0.15) is 0 Å². The topological polar surface area (TPSA) is 106 Å². The van der Waals surface area contributed by atoms with E-state index in [1.807, 2.05) is 6.20 Å². The van der Waals surface area contributed by atoms with Gasteiger partial charge in [0.2, 0.25) is 5.91 Å². The van der Waals surface area contributed by atoms with Crippen molar-refractivity contribution in [1.82, 2.24) is 20.3 Å². The van der Waals surface area contributed by atoms with Crippen molar-refractivity contribution in [1.29, 1.82) is 0 Å². The molecule has 8 nitrogen and oxygen atoms in total. The van der Waals surface area contributed by atoms with E-state index >= 15 is 0 Å². The summed E-state index contributed by atoms with van der Waals surface area (Å²) < 4.78 is 7.66. The number of aryl methyl sites for hydroxylation is 1. The fourth-order valence-electron chi connectivity index (χ4n) is 3.57. The number of carbonyl (C=O) groups excluding carboxylic acids is 2. The molecule has 1 aromatic heterocycles. The summed E-state index contributed by atoms with van der Waals surface area (Å²) in [4.78, 5) is 23.8. The van der Waals surface area contributed by atoms with Gasteiger partial charge in [0.25, 0.3) is 5.91 Å². The molecule has 142 valence electrons. The van der Waals surface area contributed by atoms with Crippen LogP contribution in [-0.2, 0) is 20.7 Å². The molecule has 0 aliphatic carbocycles. The Balaban J connectivity index is 1.71. The molecule has 1 unspecified atom stereocenters. The van der Waals surface area contributed by atoms with Crippen molar-refractivity contribution < 1.29 is 19.4 Å². The highest BCUT2D eigenvalue weighted by molar-refractivity contribution is 6.08. The zero-order chi connectivity index (χ0) is 18.7. The highest BCUT2D eigenvalue weighted by Crippen LogP contribution is 2.35. The van der Waals surface area contributed by atoms with Crippen molar-refractivity contribution >= 4 is 11.8 Å². The number of rotatable bonds is 7. The van der Waals surface area contributed by atoms with Crippen molar-refractivity contribution in [2.24, 2.45) is 5.92 Å². The van der Waals surface area contributed by atoms with Gasteiger partial charge in [0.05, 0.1) is 30.4 Å². The molecule has 2 N–H and O–H groups in total. The van der Waals surface area contributed by atoms with E-state index < -0.39 is 18.1 Å². The van der Waals surface area contributed by atoms with E-state index in [0.29, 0.717) is 12.0 Å². The molecule has 3 heterocycles. The summed E-state index contributed by atoms with van der Waals surface area (Å²) in [5.41, 5.74) is 1.43. The maximum atomic E-state index is 12.2. The third-order valence-corrected chi connectivity index (χ3v) is 5.09. The van der Waals surface area contributed by atoms with Crippen LogP contribution in [0.1, 0.15) is 51.3 Å². The zero-order valence-corrected chi connectivity index (χ0v) is 15.2. The highest BCUT2D eigenvalue weighted by atomic mass is 16.5. The molecule has 2 aliphatic rings. The minimum Gasteiger partial charge on any atom is -0.394 e. The van der Waals surface area contributed by atoms with Crippen molar-refractivity contribution in [2.45, 2.75) is 64.2 Å². The van der Waals surface area contributed by atoms with Crippen LogP contribution >= 0.6 is 0 Å². The van der Waals surface area contributed by atoms with E-state index in [0.717, 1.165) is 31.4 Å². The van der Waals surface area contributed by atoms with Gasteiger partial charge in [0.15, 0.2) is 0 Å². The fraction of sp³-hybridized carbons (Fsp3) is 0.667. The van der Waals surface area contributed by atoms with Crippen molar-refractivity contribution in [3.63, 3.8) is 0 Å². The molecule has 26 heavy (non-hydrogen) atoms. The first kappa shape index (κ1) is 18.7. The van der Waals surface area contributed by atoms with Crippen LogP contribution in [0.3, 0.4) is 0 Å². The standard InChI is InChI=1S/C18H26N4O4/c1-3-4-5-6-12-9-22(21-20-12)14-8-15(26-16(14)10-23)13-7-11(2)17(24)19-18(13)25/h7,9,13-16,23H,3-6,8,10H2,1-2H3,(H,19,24,25)/t13?,14-,15+,16+/m0/s1. The van der Waals surface area contributed by atoms with Gasteiger partial charge in [-0.3, -0.25) is 14.9 Å². The maximum absolute atomic E-state index is 12.2. The summed E-state index contributed by atoms with van der Waals surface area (Å²) in [5, 5.41) is 20.5. The second-order valence-electron chi connectivity index (χ2n) is 7.04. The number of hydrogen-bond acceptors (Lipinski definition) is 6. The van der Waals surface area contributed by atoms with Crippen LogP contribution in [0.15, 0.2) is 17.8 Å². The number of nitrogens with zero attached hydrogens (tertiary/aromatic N) is 3. The second-order valence-corrected chi connectivity index (χ2v) is 7.04. The van der Waals surface area contributed by atoms with Crippen LogP contribution in [0.5, 0.6) is 0 Å². The number of carbonyl (C=O) groups is 2. The fourth-order valence-corrected chi connectivity index (χ4v) is 3.57. The van der Waals surface area contributed by atoms with Crippen LogP contribution in [0.4, 0.5) is 0 Å². The van der Waals surface area contributed by atoms with Gasteiger partial charge in [-0.25, -0.2) is 4.68 Å². The number of aliphatic hydroxyl groups excluding tert-OH is 1. The lowest BCUT2D eigenvalue weighted by Gasteiger charge is -2.23. The molecule has 0 bridgehead atoms. The van der Waals surface area contributed by atoms with Crippen molar-refractivity contribution in [3.05, 3.63) is 23.5 Å². The summed E-state index contributed by atoms with van der Waals surface area (Å²) in [6, 6.07) is -0.184. The number of imide groups is 1. The number of aromatic nitrogens is 3. The predicted molar refractivity (Wildman–Crippen MR) is 93.0 cm³/mol. The third kappa shape index (κ3) is 3.86. The van der Waals surface area contributed by atoms with E-state index in [-0.39, 0.29) is 24.5 Å². The quantitative estimate of drug-likeness (QED) is 0.552. The molecule has 2 amide bonds. The summed E-state index contributed by atoms with van der Waals surface area (Å²) in [5.74, 6) is -1.27. The Morgan fingerprint density at radius 3 is 2.92 bits per heavy atom. The Bertz CT molecular complexity index is 699. The molecule has 1 fully saturated rings. The Kier molecular flexibility index (Phi) is 5.83. The first-order valence-electron chi connectivity index (χ1n) is 9.24. The van der Waals surface area contributed by atoms with Crippen LogP contribution in [-0.4, -0.2) is 50.7 Å². The molecular weight excluding hydrogens is 336 g/mol. The molecule has 4 atom stereocenters. The largest absolute Gasteiger partial charge is 0.394 e. The van der Waals surface area contributed by atoms with E-state index in [1.165, 1.54) is 0 Å². The zero-order valence-electron chi connectivity index (χ0n) is 15.2. The van der Waals surface area contributed by atoms with E-state index in [4.69, 9.17) is 4.74 Å².